The molecule has 0 fully saturated rings. The highest BCUT2D eigenvalue weighted by Gasteiger charge is 2.34. The molecule has 0 amide bonds. The van der Waals surface area contributed by atoms with Crippen LogP contribution in [-0.2, 0) is 25.3 Å². The lowest BCUT2D eigenvalue weighted by atomic mass is 10.0. The van der Waals surface area contributed by atoms with Gasteiger partial charge in [-0.25, -0.2) is 14.4 Å². The summed E-state index contributed by atoms with van der Waals surface area (Å²) < 4.78 is 43.2. The maximum atomic E-state index is 14.6. The molecule has 0 saturated carbocycles. The number of anilines is 1. The van der Waals surface area contributed by atoms with Crippen molar-refractivity contribution in [2.75, 3.05) is 11.9 Å². The zero-order chi connectivity index (χ0) is 20.8. The van der Waals surface area contributed by atoms with Crippen molar-refractivity contribution < 1.29 is 18.3 Å². The van der Waals surface area contributed by atoms with Crippen molar-refractivity contribution in [1.82, 2.24) is 9.97 Å². The molecular formula is C21H19BrF3N3O. The van der Waals surface area contributed by atoms with Gasteiger partial charge in [-0.1, -0.05) is 28.1 Å². The van der Waals surface area contributed by atoms with E-state index in [0.29, 0.717) is 11.6 Å². The fraction of sp³-hybridized carbons (Fsp3) is 0.333. The summed E-state index contributed by atoms with van der Waals surface area (Å²) in [6.45, 7) is 0.314. The standard InChI is InChI=1S/C21H19BrF3N3O/c1-11-27-19-14-6-3-5-13(14)17(22)8-15(19)20(28-11)26-9-12-4-2-7-16(18(12)23)21(24,25)10-29/h2,4,7-8,29H,3,5-6,9-10H2,1H3,(H,26,27,28). The predicted molar refractivity (Wildman–Crippen MR) is 109 cm³/mol. The lowest BCUT2D eigenvalue weighted by Crippen LogP contribution is -2.21. The Morgan fingerprint density at radius 3 is 2.72 bits per heavy atom. The van der Waals surface area contributed by atoms with Crippen molar-refractivity contribution in [2.45, 2.75) is 38.7 Å². The molecule has 8 heteroatoms. The van der Waals surface area contributed by atoms with Crippen LogP contribution in [0, 0.1) is 12.7 Å². The number of nitrogens with one attached hydrogen (secondary N) is 1. The van der Waals surface area contributed by atoms with Crippen molar-refractivity contribution in [3.8, 4) is 0 Å². The van der Waals surface area contributed by atoms with Crippen LogP contribution in [0.4, 0.5) is 19.0 Å². The number of rotatable bonds is 5. The minimum Gasteiger partial charge on any atom is -0.390 e. The molecular weight excluding hydrogens is 447 g/mol. The third-order valence-electron chi connectivity index (χ3n) is 5.24. The van der Waals surface area contributed by atoms with E-state index >= 15 is 0 Å². The predicted octanol–water partition coefficient (Wildman–Crippen LogP) is 5.02. The van der Waals surface area contributed by atoms with E-state index in [1.165, 1.54) is 23.3 Å². The summed E-state index contributed by atoms with van der Waals surface area (Å²) in [5.41, 5.74) is 2.57. The number of halogens is 4. The van der Waals surface area contributed by atoms with Crippen LogP contribution in [-0.4, -0.2) is 21.7 Å². The molecule has 0 radical (unpaired) electrons. The van der Waals surface area contributed by atoms with E-state index in [0.717, 1.165) is 40.7 Å². The third-order valence-corrected chi connectivity index (χ3v) is 5.95. The van der Waals surface area contributed by atoms with Crippen molar-refractivity contribution in [1.29, 1.82) is 0 Å². The normalized spacial score (nSPS) is 13.7. The van der Waals surface area contributed by atoms with Crippen molar-refractivity contribution in [2.24, 2.45) is 0 Å². The lowest BCUT2D eigenvalue weighted by Gasteiger charge is -2.17. The van der Waals surface area contributed by atoms with E-state index in [2.05, 4.69) is 31.2 Å². The SMILES string of the molecule is Cc1nc(NCc2cccc(C(F)(F)CO)c2F)c2cc(Br)c3c(c2n1)CCC3. The van der Waals surface area contributed by atoms with Gasteiger partial charge in [-0.2, -0.15) is 8.78 Å². The highest BCUT2D eigenvalue weighted by atomic mass is 79.9. The molecule has 1 aliphatic rings. The molecule has 152 valence electrons. The smallest absolute Gasteiger partial charge is 0.298 e. The summed E-state index contributed by atoms with van der Waals surface area (Å²) >= 11 is 3.62. The van der Waals surface area contributed by atoms with Crippen LogP contribution in [0.1, 0.15) is 34.5 Å². The van der Waals surface area contributed by atoms with E-state index in [1.807, 2.05) is 6.07 Å². The van der Waals surface area contributed by atoms with Gasteiger partial charge in [0.2, 0.25) is 0 Å². The fourth-order valence-corrected chi connectivity index (χ4v) is 4.49. The first-order valence-electron chi connectivity index (χ1n) is 9.31. The number of aliphatic hydroxyl groups excluding tert-OH is 1. The molecule has 2 aromatic carbocycles. The summed E-state index contributed by atoms with van der Waals surface area (Å²) in [6.07, 6.45) is 3.00. The molecule has 4 nitrogen and oxygen atoms in total. The van der Waals surface area contributed by atoms with E-state index in [9.17, 15) is 13.2 Å². The second kappa shape index (κ2) is 7.57. The second-order valence-corrected chi connectivity index (χ2v) is 8.03. The first kappa shape index (κ1) is 20.1. The van der Waals surface area contributed by atoms with Gasteiger partial charge >= 0.3 is 0 Å². The number of aromatic nitrogens is 2. The highest BCUT2D eigenvalue weighted by Crippen LogP contribution is 2.37. The maximum absolute atomic E-state index is 14.6. The molecule has 1 aliphatic carbocycles. The average Bonchev–Trinajstić information content (AvgIpc) is 3.18. The first-order valence-corrected chi connectivity index (χ1v) is 10.1. The number of aryl methyl sites for hydroxylation is 2. The van der Waals surface area contributed by atoms with Gasteiger partial charge in [0, 0.05) is 22.0 Å². The second-order valence-electron chi connectivity index (χ2n) is 7.18. The van der Waals surface area contributed by atoms with Gasteiger partial charge in [-0.15, -0.1) is 0 Å². The van der Waals surface area contributed by atoms with Gasteiger partial charge < -0.3 is 10.4 Å². The van der Waals surface area contributed by atoms with Gasteiger partial charge in [0.15, 0.2) is 0 Å². The molecule has 1 aromatic heterocycles. The molecule has 0 atom stereocenters. The van der Waals surface area contributed by atoms with Crippen molar-refractivity contribution >= 4 is 32.7 Å². The number of alkyl halides is 2. The van der Waals surface area contributed by atoms with Gasteiger partial charge in [0.05, 0.1) is 11.1 Å². The number of nitrogens with zero attached hydrogens (tertiary/aromatic N) is 2. The zero-order valence-electron chi connectivity index (χ0n) is 15.7. The largest absolute Gasteiger partial charge is 0.390 e. The van der Waals surface area contributed by atoms with E-state index in [4.69, 9.17) is 5.11 Å². The number of hydrogen-bond donors (Lipinski definition) is 2. The van der Waals surface area contributed by atoms with Crippen LogP contribution in [0.5, 0.6) is 0 Å². The molecule has 3 aromatic rings. The van der Waals surface area contributed by atoms with E-state index in [-0.39, 0.29) is 12.1 Å². The maximum Gasteiger partial charge on any atom is 0.298 e. The Kier molecular flexibility index (Phi) is 5.25. The summed E-state index contributed by atoms with van der Waals surface area (Å²) in [5.74, 6) is -3.56. The zero-order valence-corrected chi connectivity index (χ0v) is 17.3. The topological polar surface area (TPSA) is 58.0 Å². The summed E-state index contributed by atoms with van der Waals surface area (Å²) in [7, 11) is 0. The molecule has 29 heavy (non-hydrogen) atoms. The van der Waals surface area contributed by atoms with Crippen molar-refractivity contribution in [3.05, 3.63) is 62.6 Å². The summed E-state index contributed by atoms with van der Waals surface area (Å²) in [6, 6.07) is 5.72. The highest BCUT2D eigenvalue weighted by molar-refractivity contribution is 9.10. The number of fused-ring (bicyclic) bond motifs is 3. The monoisotopic (exact) mass is 465 g/mol. The minimum absolute atomic E-state index is 0.0264. The molecule has 0 spiro atoms. The molecule has 0 unspecified atom stereocenters. The summed E-state index contributed by atoms with van der Waals surface area (Å²) in [5, 5.41) is 12.8. The van der Waals surface area contributed by atoms with Crippen molar-refractivity contribution in [3.63, 3.8) is 0 Å². The first-order chi connectivity index (χ1) is 13.8. The molecule has 1 heterocycles. The van der Waals surface area contributed by atoms with Gasteiger partial charge in [0.1, 0.15) is 24.1 Å². The Balaban J connectivity index is 1.72. The van der Waals surface area contributed by atoms with Gasteiger partial charge in [-0.3, -0.25) is 0 Å². The van der Waals surface area contributed by atoms with Gasteiger partial charge in [0.25, 0.3) is 5.92 Å². The van der Waals surface area contributed by atoms with Crippen LogP contribution in [0.15, 0.2) is 28.7 Å². The van der Waals surface area contributed by atoms with Crippen LogP contribution < -0.4 is 5.32 Å². The minimum atomic E-state index is -3.64. The fourth-order valence-electron chi connectivity index (χ4n) is 3.83. The van der Waals surface area contributed by atoms with Crippen LogP contribution in [0.2, 0.25) is 0 Å². The van der Waals surface area contributed by atoms with Crippen LogP contribution in [0.3, 0.4) is 0 Å². The summed E-state index contributed by atoms with van der Waals surface area (Å²) in [4.78, 5) is 9.05. The lowest BCUT2D eigenvalue weighted by molar-refractivity contribution is -0.0583. The number of benzene rings is 2. The molecule has 0 bridgehead atoms. The van der Waals surface area contributed by atoms with Crippen LogP contribution >= 0.6 is 15.9 Å². The molecule has 2 N–H and O–H groups in total. The Bertz CT molecular complexity index is 1100. The third kappa shape index (κ3) is 3.59. The molecule has 4 rings (SSSR count). The number of aliphatic hydroxyl groups is 1. The average molecular weight is 466 g/mol. The molecule has 0 saturated heterocycles. The Morgan fingerprint density at radius 1 is 1.21 bits per heavy atom. The Labute approximate surface area is 174 Å². The van der Waals surface area contributed by atoms with E-state index in [1.54, 1.807) is 6.92 Å². The number of hydrogen-bond acceptors (Lipinski definition) is 4. The van der Waals surface area contributed by atoms with Gasteiger partial charge in [-0.05, 0) is 49.4 Å². The Morgan fingerprint density at radius 2 is 1.97 bits per heavy atom. The molecule has 0 aliphatic heterocycles. The van der Waals surface area contributed by atoms with Crippen LogP contribution in [0.25, 0.3) is 10.9 Å². The Hall–Kier alpha value is -2.19. The van der Waals surface area contributed by atoms with E-state index < -0.39 is 23.9 Å². The quantitative estimate of drug-likeness (QED) is 0.554.